The third-order valence-corrected chi connectivity index (χ3v) is 5.83. The Labute approximate surface area is 175 Å². The minimum atomic E-state index is -2.67. The number of halogens is 2. The van der Waals surface area contributed by atoms with Gasteiger partial charge in [-0.3, -0.25) is 0 Å². The average molecular weight is 410 g/mol. The first-order valence-corrected chi connectivity index (χ1v) is 10.4. The predicted octanol–water partition coefficient (Wildman–Crippen LogP) is 3.99. The predicted molar refractivity (Wildman–Crippen MR) is 118 cm³/mol. The van der Waals surface area contributed by atoms with Gasteiger partial charge < -0.3 is 0 Å². The van der Waals surface area contributed by atoms with E-state index in [9.17, 15) is 13.6 Å². The molecule has 30 heavy (non-hydrogen) atoms. The fraction of sp³-hybridized carbons (Fsp3) is 0.455. The summed E-state index contributed by atoms with van der Waals surface area (Å²) >= 11 is 0. The topological polar surface area (TPSA) is 50.5 Å². The van der Waals surface area contributed by atoms with Crippen molar-refractivity contribution < 1.29 is 13.6 Å². The van der Waals surface area contributed by atoms with Crippen LogP contribution in [0.25, 0.3) is 16.7 Å². The molecular weight excluding hydrogens is 385 g/mol. The van der Waals surface area contributed by atoms with Gasteiger partial charge in [-0.2, -0.15) is 0 Å². The molecule has 1 saturated carbocycles. The summed E-state index contributed by atoms with van der Waals surface area (Å²) in [7, 11) is 0. The van der Waals surface area contributed by atoms with Crippen molar-refractivity contribution in [2.24, 2.45) is 16.8 Å². The summed E-state index contributed by atoms with van der Waals surface area (Å²) in [6.45, 7) is 6.15. The van der Waals surface area contributed by atoms with Crippen LogP contribution in [-0.2, 0) is 0 Å². The van der Waals surface area contributed by atoms with Gasteiger partial charge in [0.05, 0.1) is 0 Å². The Morgan fingerprint density at radius 3 is 2.77 bits per heavy atom. The first-order valence-electron chi connectivity index (χ1n) is 10.4. The normalized spacial score (nSPS) is 24.0. The van der Waals surface area contributed by atoms with Gasteiger partial charge in [-0.1, -0.05) is 0 Å². The number of alkyl halides is 2. The second-order valence-electron chi connectivity index (χ2n) is 8.20. The molecule has 3 heterocycles. The zero-order chi connectivity index (χ0) is 21.3. The SMILES string of the molecule is CB=CN=C/C(=C\C1C[C@H]1C)n1ccc2cc(C(=O)N3CCC(F)(F)CC3)cnc21. The van der Waals surface area contributed by atoms with E-state index in [0.717, 1.165) is 16.7 Å². The van der Waals surface area contributed by atoms with E-state index in [4.69, 9.17) is 0 Å². The Morgan fingerprint density at radius 1 is 1.37 bits per heavy atom. The van der Waals surface area contributed by atoms with E-state index in [0.29, 0.717) is 17.4 Å². The number of allylic oxidation sites excluding steroid dienone is 2. The molecule has 0 N–H and O–H groups in total. The number of aliphatic imine (C=N–C) groups is 1. The summed E-state index contributed by atoms with van der Waals surface area (Å²) in [4.78, 5) is 23.1. The van der Waals surface area contributed by atoms with Crippen molar-refractivity contribution in [2.45, 2.75) is 38.9 Å². The van der Waals surface area contributed by atoms with Gasteiger partial charge in [0.25, 0.3) is 5.92 Å². The number of carbonyl (C=O) groups is 1. The number of aromatic nitrogens is 2. The number of pyridine rings is 1. The Balaban J connectivity index is 1.60. The number of piperidine rings is 1. The van der Waals surface area contributed by atoms with Crippen molar-refractivity contribution >= 4 is 41.9 Å². The number of hydrogen-bond donors (Lipinski definition) is 0. The number of fused-ring (bicyclic) bond motifs is 1. The quantitative estimate of drug-likeness (QED) is 0.553. The molecule has 1 saturated heterocycles. The van der Waals surface area contributed by atoms with Crippen LogP contribution in [0.1, 0.15) is 36.5 Å². The molecular formula is C22H25BF2N4O. The molecule has 1 aliphatic carbocycles. The van der Waals surface area contributed by atoms with Crippen molar-refractivity contribution in [3.05, 3.63) is 36.2 Å². The summed E-state index contributed by atoms with van der Waals surface area (Å²) < 4.78 is 28.7. The molecule has 0 spiro atoms. The van der Waals surface area contributed by atoms with E-state index in [1.807, 2.05) is 36.8 Å². The molecule has 0 bridgehead atoms. The summed E-state index contributed by atoms with van der Waals surface area (Å²) in [5, 5.41) is 0.831. The molecule has 2 atom stereocenters. The van der Waals surface area contributed by atoms with E-state index in [1.54, 1.807) is 12.2 Å². The van der Waals surface area contributed by atoms with Crippen LogP contribution in [0.2, 0.25) is 6.82 Å². The third kappa shape index (κ3) is 4.42. The summed E-state index contributed by atoms with van der Waals surface area (Å²) in [6, 6.07) is 3.70. The molecule has 156 valence electrons. The van der Waals surface area contributed by atoms with Gasteiger partial charge in [-0.05, 0) is 0 Å². The van der Waals surface area contributed by atoms with Crippen molar-refractivity contribution in [3.8, 4) is 0 Å². The summed E-state index contributed by atoms with van der Waals surface area (Å²) in [5.74, 6) is -1.71. The average Bonchev–Trinajstić information content (AvgIpc) is 3.25. The Morgan fingerprint density at radius 2 is 2.10 bits per heavy atom. The molecule has 2 fully saturated rings. The number of nitrogens with zero attached hydrogens (tertiary/aromatic N) is 4. The maximum absolute atomic E-state index is 13.4. The fourth-order valence-electron chi connectivity index (χ4n) is 3.76. The number of likely N-dealkylation sites (tertiary alicyclic amines) is 1. The van der Waals surface area contributed by atoms with Crippen molar-refractivity contribution in [3.63, 3.8) is 0 Å². The molecule has 2 aromatic rings. The Hall–Kier alpha value is -2.64. The Kier molecular flexibility index (Phi) is 5.67. The van der Waals surface area contributed by atoms with Crippen LogP contribution in [0.5, 0.6) is 0 Å². The molecule has 5 nitrogen and oxygen atoms in total. The molecule has 0 aromatic carbocycles. The van der Waals surface area contributed by atoms with Crippen LogP contribution in [0, 0.1) is 11.8 Å². The monoisotopic (exact) mass is 410 g/mol. The van der Waals surface area contributed by atoms with Crippen molar-refractivity contribution in [1.29, 1.82) is 0 Å². The van der Waals surface area contributed by atoms with Crippen LogP contribution in [0.3, 0.4) is 0 Å². The van der Waals surface area contributed by atoms with Gasteiger partial charge in [0.2, 0.25) is 0 Å². The van der Waals surface area contributed by atoms with E-state index in [1.165, 1.54) is 17.5 Å². The molecule has 1 aliphatic heterocycles. The van der Waals surface area contributed by atoms with Crippen LogP contribution < -0.4 is 0 Å². The molecule has 2 aromatic heterocycles. The molecule has 1 amide bonds. The van der Waals surface area contributed by atoms with Crippen LogP contribution >= 0.6 is 0 Å². The van der Waals surface area contributed by atoms with Gasteiger partial charge in [-0.25, -0.2) is 8.78 Å². The van der Waals surface area contributed by atoms with Gasteiger partial charge in [0.1, 0.15) is 0 Å². The van der Waals surface area contributed by atoms with Gasteiger partial charge in [-0.15, -0.1) is 0 Å². The number of rotatable bonds is 5. The third-order valence-electron chi connectivity index (χ3n) is 5.83. The second kappa shape index (κ2) is 8.24. The van der Waals surface area contributed by atoms with Crippen molar-refractivity contribution in [1.82, 2.24) is 14.5 Å². The van der Waals surface area contributed by atoms with Crippen LogP contribution in [0.15, 0.2) is 35.6 Å². The molecule has 8 heteroatoms. The number of amides is 1. The molecule has 0 radical (unpaired) electrons. The Bertz CT molecular complexity index is 1030. The number of hydrogen-bond acceptors (Lipinski definition) is 3. The van der Waals surface area contributed by atoms with Gasteiger partial charge >= 0.3 is 147 Å². The molecule has 1 unspecified atom stereocenters. The molecule has 2 aliphatic rings. The zero-order valence-corrected chi connectivity index (χ0v) is 17.3. The minimum absolute atomic E-state index is 0.0682. The first-order chi connectivity index (χ1) is 14.4. The number of carbonyl (C=O) groups excluding carboxylic acids is 1. The standard InChI is InChI=1S/C22H25BF2N4O/c1-15-9-17(15)11-19(13-26-14-23-2)29-6-3-16-10-18(12-27-20(16)29)21(30)28-7-4-22(24,25)5-8-28/h3,6,10-15,17H,4-5,7-9H2,1-2H3/b19-11+,26-13?/t15-,17?/m1/s1. The zero-order valence-electron chi connectivity index (χ0n) is 17.3. The van der Waals surface area contributed by atoms with E-state index < -0.39 is 5.92 Å². The van der Waals surface area contributed by atoms with E-state index in [2.05, 4.69) is 23.0 Å². The second-order valence-corrected chi connectivity index (χ2v) is 8.20. The maximum atomic E-state index is 13.4. The van der Waals surface area contributed by atoms with E-state index >= 15 is 0 Å². The fourth-order valence-corrected chi connectivity index (χ4v) is 3.76. The summed E-state index contributed by atoms with van der Waals surface area (Å²) in [6.07, 6.45) is 9.82. The van der Waals surface area contributed by atoms with Crippen molar-refractivity contribution in [2.75, 3.05) is 13.1 Å². The van der Waals surface area contributed by atoms with Crippen LogP contribution in [0.4, 0.5) is 8.78 Å². The van der Waals surface area contributed by atoms with E-state index in [-0.39, 0.29) is 31.8 Å². The molecule has 4 rings (SSSR count). The van der Waals surface area contributed by atoms with Gasteiger partial charge in [0.15, 0.2) is 0 Å². The van der Waals surface area contributed by atoms with Crippen LogP contribution in [-0.4, -0.2) is 58.6 Å². The van der Waals surface area contributed by atoms with Gasteiger partial charge in [0, 0.05) is 12.8 Å². The summed E-state index contributed by atoms with van der Waals surface area (Å²) in [5.41, 5.74) is 2.11. The first kappa shape index (κ1) is 20.6.